The van der Waals surface area contributed by atoms with E-state index in [2.05, 4.69) is 61.1 Å². The van der Waals surface area contributed by atoms with Gasteiger partial charge in [0.05, 0.1) is 11.7 Å². The molecule has 2 amide bonds. The minimum absolute atomic E-state index is 0.00465. The van der Waals surface area contributed by atoms with Crippen LogP contribution in [-0.2, 0) is 0 Å². The summed E-state index contributed by atoms with van der Waals surface area (Å²) < 4.78 is 0. The van der Waals surface area contributed by atoms with Gasteiger partial charge >= 0.3 is 6.03 Å². The molecule has 132 valence electrons. The first kappa shape index (κ1) is 17.2. The van der Waals surface area contributed by atoms with E-state index in [0.29, 0.717) is 0 Å². The summed E-state index contributed by atoms with van der Waals surface area (Å²) in [6.45, 7) is 12.6. The maximum Gasteiger partial charge on any atom is 0.322 e. The molecular formula is C19H30N4O. The number of carbonyl (C=O) groups excluding carboxylic acids is 1. The van der Waals surface area contributed by atoms with Crippen LogP contribution in [0.4, 0.5) is 10.5 Å². The number of anilines is 1. The van der Waals surface area contributed by atoms with Crippen LogP contribution < -0.4 is 10.2 Å². The van der Waals surface area contributed by atoms with Gasteiger partial charge in [0.1, 0.15) is 0 Å². The summed E-state index contributed by atoms with van der Waals surface area (Å²) >= 11 is 0. The molecule has 0 radical (unpaired) electrons. The first-order chi connectivity index (χ1) is 11.4. The zero-order chi connectivity index (χ0) is 17.3. The summed E-state index contributed by atoms with van der Waals surface area (Å²) in [6, 6.07) is 8.40. The van der Waals surface area contributed by atoms with Crippen molar-refractivity contribution in [1.29, 1.82) is 0 Å². The van der Waals surface area contributed by atoms with E-state index in [4.69, 9.17) is 0 Å². The molecule has 1 fully saturated rings. The van der Waals surface area contributed by atoms with Crippen LogP contribution >= 0.6 is 0 Å². The molecule has 5 heteroatoms. The Hall–Kier alpha value is -1.59. The molecule has 5 nitrogen and oxygen atoms in total. The van der Waals surface area contributed by atoms with E-state index in [1.807, 2.05) is 11.0 Å². The van der Waals surface area contributed by atoms with Gasteiger partial charge in [-0.25, -0.2) is 4.79 Å². The molecule has 0 bridgehead atoms. The molecule has 1 saturated heterocycles. The Morgan fingerprint density at radius 3 is 2.42 bits per heavy atom. The lowest BCUT2D eigenvalue weighted by molar-refractivity contribution is 0.156. The molecule has 1 atom stereocenters. The normalized spacial score (nSPS) is 23.1. The molecule has 0 aliphatic carbocycles. The number of para-hydroxylation sites is 1. The molecule has 1 aromatic rings. The van der Waals surface area contributed by atoms with Crippen molar-refractivity contribution in [2.24, 2.45) is 5.41 Å². The average Bonchev–Trinajstić information content (AvgIpc) is 2.54. The molecular weight excluding hydrogens is 300 g/mol. The van der Waals surface area contributed by atoms with Crippen LogP contribution in [0.25, 0.3) is 0 Å². The topological polar surface area (TPSA) is 38.8 Å². The molecule has 2 aliphatic rings. The molecule has 0 saturated carbocycles. The number of nitrogens with one attached hydrogen (secondary N) is 1. The number of benzene rings is 1. The van der Waals surface area contributed by atoms with Crippen molar-refractivity contribution in [1.82, 2.24) is 15.1 Å². The summed E-state index contributed by atoms with van der Waals surface area (Å²) in [6.07, 6.45) is 0. The SMILES string of the molecule is CN1CCN(CCN2C(=O)NC(C(C)(C)C)c3ccccc32)CC1. The second-order valence-electron chi connectivity index (χ2n) is 8.10. The van der Waals surface area contributed by atoms with Gasteiger partial charge in [0.15, 0.2) is 0 Å². The number of fused-ring (bicyclic) bond motifs is 1. The lowest BCUT2D eigenvalue weighted by Crippen LogP contribution is -2.53. The number of hydrogen-bond acceptors (Lipinski definition) is 3. The highest BCUT2D eigenvalue weighted by Gasteiger charge is 2.36. The Balaban J connectivity index is 1.75. The van der Waals surface area contributed by atoms with Crippen molar-refractivity contribution < 1.29 is 4.79 Å². The van der Waals surface area contributed by atoms with Gasteiger partial charge in [-0.15, -0.1) is 0 Å². The Kier molecular flexibility index (Phi) is 4.83. The van der Waals surface area contributed by atoms with Crippen LogP contribution in [0.2, 0.25) is 0 Å². The summed E-state index contributed by atoms with van der Waals surface area (Å²) in [5.41, 5.74) is 2.29. The Bertz CT molecular complexity index is 587. The van der Waals surface area contributed by atoms with Gasteiger partial charge in [-0.3, -0.25) is 9.80 Å². The van der Waals surface area contributed by atoms with Gasteiger partial charge < -0.3 is 10.2 Å². The Morgan fingerprint density at radius 1 is 1.08 bits per heavy atom. The van der Waals surface area contributed by atoms with E-state index in [9.17, 15) is 4.79 Å². The third-order valence-electron chi connectivity index (χ3n) is 5.15. The predicted octanol–water partition coefficient (Wildman–Crippen LogP) is 2.55. The lowest BCUT2D eigenvalue weighted by atomic mass is 9.80. The van der Waals surface area contributed by atoms with Crippen molar-refractivity contribution in [3.8, 4) is 0 Å². The highest BCUT2D eigenvalue weighted by atomic mass is 16.2. The lowest BCUT2D eigenvalue weighted by Gasteiger charge is -2.41. The van der Waals surface area contributed by atoms with E-state index in [1.54, 1.807) is 0 Å². The van der Waals surface area contributed by atoms with Gasteiger partial charge in [-0.2, -0.15) is 0 Å². The molecule has 1 unspecified atom stereocenters. The number of piperazine rings is 1. The van der Waals surface area contributed by atoms with Gasteiger partial charge in [-0.1, -0.05) is 39.0 Å². The van der Waals surface area contributed by atoms with Crippen LogP contribution in [0.15, 0.2) is 24.3 Å². The molecule has 1 N–H and O–H groups in total. The maximum absolute atomic E-state index is 12.7. The van der Waals surface area contributed by atoms with Crippen LogP contribution in [0, 0.1) is 5.41 Å². The number of likely N-dealkylation sites (N-methyl/N-ethyl adjacent to an activating group) is 1. The standard InChI is InChI=1S/C19H30N4O/c1-19(2,3)17-15-7-5-6-8-16(15)23(18(24)20-17)14-13-22-11-9-21(4)10-12-22/h5-8,17H,9-14H2,1-4H3,(H,20,24). The third-order valence-corrected chi connectivity index (χ3v) is 5.15. The second-order valence-corrected chi connectivity index (χ2v) is 8.10. The number of rotatable bonds is 3. The molecule has 1 aromatic carbocycles. The van der Waals surface area contributed by atoms with Gasteiger partial charge in [0.25, 0.3) is 0 Å². The van der Waals surface area contributed by atoms with Crippen LogP contribution in [0.5, 0.6) is 0 Å². The summed E-state index contributed by atoms with van der Waals surface area (Å²) in [5.74, 6) is 0. The zero-order valence-electron chi connectivity index (χ0n) is 15.4. The number of urea groups is 1. The fraction of sp³-hybridized carbons (Fsp3) is 0.632. The van der Waals surface area contributed by atoms with Crippen molar-refractivity contribution in [2.75, 3.05) is 51.2 Å². The quantitative estimate of drug-likeness (QED) is 0.926. The fourth-order valence-corrected chi connectivity index (χ4v) is 3.58. The van der Waals surface area contributed by atoms with E-state index in [0.717, 1.165) is 45.0 Å². The predicted molar refractivity (Wildman–Crippen MR) is 98.5 cm³/mol. The number of nitrogens with zero attached hydrogens (tertiary/aromatic N) is 3. The number of amides is 2. The number of carbonyl (C=O) groups is 1. The smallest absolute Gasteiger partial charge is 0.322 e. The summed E-state index contributed by atoms with van der Waals surface area (Å²) in [5, 5.41) is 3.22. The average molecular weight is 330 g/mol. The third kappa shape index (κ3) is 3.57. The van der Waals surface area contributed by atoms with Gasteiger partial charge in [0.2, 0.25) is 0 Å². The summed E-state index contributed by atoms with van der Waals surface area (Å²) in [4.78, 5) is 19.4. The van der Waals surface area contributed by atoms with E-state index >= 15 is 0 Å². The van der Waals surface area contributed by atoms with Crippen LogP contribution in [0.3, 0.4) is 0 Å². The van der Waals surface area contributed by atoms with E-state index in [1.165, 1.54) is 5.56 Å². The largest absolute Gasteiger partial charge is 0.330 e. The minimum Gasteiger partial charge on any atom is -0.330 e. The highest BCUT2D eigenvalue weighted by Crippen LogP contribution is 2.40. The first-order valence-corrected chi connectivity index (χ1v) is 8.94. The number of hydrogen-bond donors (Lipinski definition) is 1. The van der Waals surface area contributed by atoms with Crippen LogP contribution in [-0.4, -0.2) is 62.1 Å². The van der Waals surface area contributed by atoms with Crippen molar-refractivity contribution >= 4 is 11.7 Å². The highest BCUT2D eigenvalue weighted by molar-refractivity contribution is 5.95. The van der Waals surface area contributed by atoms with Crippen molar-refractivity contribution in [3.05, 3.63) is 29.8 Å². The van der Waals surface area contributed by atoms with Gasteiger partial charge in [0, 0.05) is 39.3 Å². The second kappa shape index (κ2) is 6.73. The summed E-state index contributed by atoms with van der Waals surface area (Å²) in [7, 11) is 2.16. The van der Waals surface area contributed by atoms with E-state index < -0.39 is 0 Å². The Labute approximate surface area is 145 Å². The molecule has 2 heterocycles. The van der Waals surface area contributed by atoms with Crippen molar-refractivity contribution in [3.63, 3.8) is 0 Å². The molecule has 2 aliphatic heterocycles. The monoisotopic (exact) mass is 330 g/mol. The van der Waals surface area contributed by atoms with E-state index in [-0.39, 0.29) is 17.5 Å². The molecule has 0 spiro atoms. The van der Waals surface area contributed by atoms with Crippen LogP contribution in [0.1, 0.15) is 32.4 Å². The Morgan fingerprint density at radius 2 is 1.75 bits per heavy atom. The first-order valence-electron chi connectivity index (χ1n) is 8.94. The zero-order valence-corrected chi connectivity index (χ0v) is 15.4. The molecule has 24 heavy (non-hydrogen) atoms. The molecule has 3 rings (SSSR count). The fourth-order valence-electron chi connectivity index (χ4n) is 3.58. The minimum atomic E-state index is -0.00465. The maximum atomic E-state index is 12.7. The molecule has 0 aromatic heterocycles. The van der Waals surface area contributed by atoms with Gasteiger partial charge in [-0.05, 0) is 24.1 Å². The van der Waals surface area contributed by atoms with Crippen molar-refractivity contribution in [2.45, 2.75) is 26.8 Å².